The van der Waals surface area contributed by atoms with E-state index in [1.165, 1.54) is 7.11 Å². The normalized spacial score (nSPS) is 24.5. The Balaban J connectivity index is 1.45. The molecule has 0 saturated carbocycles. The zero-order chi connectivity index (χ0) is 30.7. The van der Waals surface area contributed by atoms with E-state index in [4.69, 9.17) is 9.47 Å². The van der Waals surface area contributed by atoms with E-state index in [0.29, 0.717) is 48.3 Å². The van der Waals surface area contributed by atoms with Gasteiger partial charge in [-0.2, -0.15) is 0 Å². The highest BCUT2D eigenvalue weighted by Crippen LogP contribution is 2.60. The van der Waals surface area contributed by atoms with Crippen molar-refractivity contribution in [3.63, 3.8) is 0 Å². The maximum absolute atomic E-state index is 14.5. The summed E-state index contributed by atoms with van der Waals surface area (Å²) in [5.41, 5.74) is 1.73. The predicted molar refractivity (Wildman–Crippen MR) is 166 cm³/mol. The first-order valence-electron chi connectivity index (χ1n) is 14.9. The van der Waals surface area contributed by atoms with Crippen molar-refractivity contribution in [2.24, 2.45) is 5.92 Å². The Kier molecular flexibility index (Phi) is 7.44. The van der Waals surface area contributed by atoms with Crippen molar-refractivity contribution in [2.75, 3.05) is 30.1 Å². The Hall–Kier alpha value is -3.57. The number of amides is 2. The van der Waals surface area contributed by atoms with Gasteiger partial charge in [-0.15, -0.1) is 0 Å². The van der Waals surface area contributed by atoms with Gasteiger partial charge < -0.3 is 24.3 Å². The van der Waals surface area contributed by atoms with E-state index in [1.54, 1.807) is 9.80 Å². The van der Waals surface area contributed by atoms with Crippen LogP contribution in [0.3, 0.4) is 0 Å². The Morgan fingerprint density at radius 3 is 2.51 bits per heavy atom. The molecule has 0 bridgehead atoms. The second-order valence-corrected chi connectivity index (χ2v) is 16.4. The number of nitrogens with zero attached hydrogens (tertiary/aromatic N) is 2. The first-order chi connectivity index (χ1) is 20.5. The summed E-state index contributed by atoms with van der Waals surface area (Å²) < 4.78 is 11.5. The van der Waals surface area contributed by atoms with Crippen LogP contribution in [0.2, 0.25) is 18.6 Å². The van der Waals surface area contributed by atoms with Gasteiger partial charge >= 0.3 is 5.97 Å². The lowest BCUT2D eigenvalue weighted by atomic mass is 9.82. The van der Waals surface area contributed by atoms with Crippen molar-refractivity contribution in [1.29, 1.82) is 0 Å². The topological polar surface area (TPSA) is 117 Å². The average molecular weight is 603 g/mol. The molecule has 3 aromatic carbocycles. The molecule has 226 valence electrons. The largest absolute Gasteiger partial charge is 0.469 e. The number of carbonyl (C=O) groups excluding carboxylic acids is 3. The third-order valence-corrected chi connectivity index (χ3v) is 11.9. The standard InChI is InChI=1S/C33H38N2O7Si/c1-20-30(43(3,4)40)27(16-18-36)42-33(20)24-19-22(14-15-25(24)34(32(33)39)17-6-5-13-28(37)41-2)35-26-12-8-10-21-9-7-11-23(29(21)26)31(35)38/h7-12,14-15,19-20,27,30,36,40H,5-6,13,16-18H2,1-4H3/t20-,27+,30-,33+/m1/s1. The molecule has 0 aromatic heterocycles. The average Bonchev–Trinajstić information content (AvgIpc) is 3.53. The molecule has 1 saturated heterocycles. The fraction of sp³-hybridized carbons (Fsp3) is 0.424. The number of unbranched alkanes of at least 4 members (excludes halogenated alkanes) is 1. The third kappa shape index (κ3) is 4.50. The van der Waals surface area contributed by atoms with Crippen LogP contribution in [-0.2, 0) is 24.7 Å². The lowest BCUT2D eigenvalue weighted by molar-refractivity contribution is -0.146. The molecule has 3 aliphatic rings. The molecular weight excluding hydrogens is 564 g/mol. The van der Waals surface area contributed by atoms with Gasteiger partial charge in [0, 0.05) is 47.7 Å². The number of aliphatic hydroxyl groups is 1. The van der Waals surface area contributed by atoms with E-state index in [2.05, 4.69) is 0 Å². The molecule has 10 heteroatoms. The maximum Gasteiger partial charge on any atom is 0.305 e. The first kappa shape index (κ1) is 29.5. The van der Waals surface area contributed by atoms with Gasteiger partial charge in [-0.25, -0.2) is 0 Å². The maximum atomic E-state index is 14.5. The van der Waals surface area contributed by atoms with Crippen molar-refractivity contribution in [1.82, 2.24) is 0 Å². The molecule has 9 nitrogen and oxygen atoms in total. The number of aliphatic hydroxyl groups excluding tert-OH is 1. The van der Waals surface area contributed by atoms with Crippen molar-refractivity contribution >= 4 is 53.9 Å². The zero-order valence-corrected chi connectivity index (χ0v) is 26.0. The molecule has 1 spiro atoms. The quantitative estimate of drug-likeness (QED) is 0.201. The van der Waals surface area contributed by atoms with Crippen LogP contribution in [0.15, 0.2) is 54.6 Å². The van der Waals surface area contributed by atoms with Gasteiger partial charge in [-0.3, -0.25) is 19.3 Å². The Bertz CT molecular complexity index is 1610. The number of esters is 1. The fourth-order valence-electron chi connectivity index (χ4n) is 7.64. The molecule has 2 N–H and O–H groups in total. The highest BCUT2D eigenvalue weighted by molar-refractivity contribution is 6.71. The second kappa shape index (κ2) is 10.9. The van der Waals surface area contributed by atoms with Gasteiger partial charge in [-0.1, -0.05) is 31.2 Å². The number of hydrogen-bond acceptors (Lipinski definition) is 7. The number of ether oxygens (including phenoxy) is 2. The predicted octanol–water partition coefficient (Wildman–Crippen LogP) is 5.00. The van der Waals surface area contributed by atoms with Gasteiger partial charge in [0.2, 0.25) is 0 Å². The smallest absolute Gasteiger partial charge is 0.305 e. The lowest BCUT2D eigenvalue weighted by Gasteiger charge is -2.32. The van der Waals surface area contributed by atoms with Crippen LogP contribution >= 0.6 is 0 Å². The molecule has 3 aliphatic heterocycles. The summed E-state index contributed by atoms with van der Waals surface area (Å²) in [5.74, 6) is -1.03. The Morgan fingerprint density at radius 2 is 1.81 bits per heavy atom. The molecule has 1 fully saturated rings. The molecule has 3 heterocycles. The molecule has 0 unspecified atom stereocenters. The summed E-state index contributed by atoms with van der Waals surface area (Å²) in [7, 11) is -1.49. The zero-order valence-electron chi connectivity index (χ0n) is 25.0. The third-order valence-electron chi connectivity index (χ3n) is 9.44. The Morgan fingerprint density at radius 1 is 1.07 bits per heavy atom. The van der Waals surface area contributed by atoms with Crippen molar-refractivity contribution < 1.29 is 33.8 Å². The minimum absolute atomic E-state index is 0.128. The van der Waals surface area contributed by atoms with Crippen molar-refractivity contribution in [3.8, 4) is 0 Å². The number of rotatable bonds is 9. The highest BCUT2D eigenvalue weighted by atomic mass is 28.4. The molecule has 4 atom stereocenters. The number of anilines is 3. The molecule has 0 aliphatic carbocycles. The summed E-state index contributed by atoms with van der Waals surface area (Å²) in [5, 5.41) is 11.8. The molecule has 43 heavy (non-hydrogen) atoms. The van der Waals surface area contributed by atoms with Gasteiger partial charge in [0.25, 0.3) is 11.8 Å². The van der Waals surface area contributed by atoms with Crippen molar-refractivity contribution in [3.05, 3.63) is 65.7 Å². The van der Waals surface area contributed by atoms with E-state index in [9.17, 15) is 24.3 Å². The van der Waals surface area contributed by atoms with E-state index in [1.807, 2.05) is 74.6 Å². The number of methoxy groups -OCH3 is 1. The van der Waals surface area contributed by atoms with Crippen LogP contribution in [0.4, 0.5) is 17.1 Å². The van der Waals surface area contributed by atoms with E-state index in [-0.39, 0.29) is 42.3 Å². The Labute approximate surface area is 252 Å². The van der Waals surface area contributed by atoms with E-state index < -0.39 is 20.0 Å². The van der Waals surface area contributed by atoms with Gasteiger partial charge in [-0.05, 0) is 68.1 Å². The monoisotopic (exact) mass is 602 g/mol. The number of hydrogen-bond donors (Lipinski definition) is 2. The highest BCUT2D eigenvalue weighted by Gasteiger charge is 2.66. The molecule has 2 amide bonds. The van der Waals surface area contributed by atoms with Gasteiger partial charge in [0.15, 0.2) is 13.9 Å². The van der Waals surface area contributed by atoms with E-state index >= 15 is 0 Å². The first-order valence-corrected chi connectivity index (χ1v) is 18.0. The minimum Gasteiger partial charge on any atom is -0.469 e. The second-order valence-electron chi connectivity index (χ2n) is 12.4. The van der Waals surface area contributed by atoms with Gasteiger partial charge in [0.05, 0.1) is 30.2 Å². The van der Waals surface area contributed by atoms with Crippen molar-refractivity contribution in [2.45, 2.75) is 62.9 Å². The SMILES string of the molecule is COC(=O)CCCCN1C(=O)[C@@]2(O[C@@H](CCO)[C@H]([Si](C)(C)O)[C@H]2C)c2cc(N3C(=O)c4cccc5cccc3c45)ccc21. The number of benzene rings is 3. The minimum atomic E-state index is -2.85. The number of fused-ring (bicyclic) bond motifs is 2. The molecular formula is C33H38N2O7Si. The van der Waals surface area contributed by atoms with Gasteiger partial charge in [0.1, 0.15) is 0 Å². The summed E-state index contributed by atoms with van der Waals surface area (Å²) in [6.07, 6.45) is 1.20. The summed E-state index contributed by atoms with van der Waals surface area (Å²) in [4.78, 5) is 54.8. The van der Waals surface area contributed by atoms with Crippen LogP contribution in [-0.4, -0.2) is 62.4 Å². The fourth-order valence-corrected chi connectivity index (χ4v) is 10.2. The number of carbonyl (C=O) groups is 3. The summed E-state index contributed by atoms with van der Waals surface area (Å²) in [6.45, 7) is 5.91. The van der Waals surface area contributed by atoms with E-state index in [0.717, 1.165) is 16.5 Å². The molecule has 6 rings (SSSR count). The summed E-state index contributed by atoms with van der Waals surface area (Å²) in [6, 6.07) is 17.2. The van der Waals surface area contributed by atoms with Crippen LogP contribution < -0.4 is 9.80 Å². The van der Waals surface area contributed by atoms with Crippen LogP contribution in [0.5, 0.6) is 0 Å². The lowest BCUT2D eigenvalue weighted by Crippen LogP contribution is -2.46. The van der Waals surface area contributed by atoms with Crippen LogP contribution in [0.1, 0.15) is 48.5 Å². The summed E-state index contributed by atoms with van der Waals surface area (Å²) >= 11 is 0. The molecule has 3 aromatic rings. The molecule has 0 radical (unpaired) electrons. The van der Waals surface area contributed by atoms with Crippen LogP contribution in [0, 0.1) is 5.92 Å². The van der Waals surface area contributed by atoms with Crippen LogP contribution in [0.25, 0.3) is 10.8 Å².